The minimum Gasteiger partial charge on any atom is -0.268 e. The van der Waals surface area contributed by atoms with Crippen molar-refractivity contribution in [3.05, 3.63) is 44.1 Å². The van der Waals surface area contributed by atoms with Crippen LogP contribution in [0.3, 0.4) is 0 Å². The Labute approximate surface area is 117 Å². The molecule has 0 aliphatic rings. The van der Waals surface area contributed by atoms with Gasteiger partial charge in [0.15, 0.2) is 4.96 Å². The van der Waals surface area contributed by atoms with Gasteiger partial charge in [0.05, 0.1) is 20.4 Å². The van der Waals surface area contributed by atoms with Crippen molar-refractivity contribution < 1.29 is 0 Å². The minimum absolute atomic E-state index is 0.0120. The molecule has 0 atom stereocenters. The number of hydrogen-bond acceptors (Lipinski definition) is 3. The van der Waals surface area contributed by atoms with E-state index in [1.54, 1.807) is 10.5 Å². The van der Waals surface area contributed by atoms with Gasteiger partial charge in [0.25, 0.3) is 5.56 Å². The van der Waals surface area contributed by atoms with E-state index < -0.39 is 0 Å². The second-order valence-electron chi connectivity index (χ2n) is 3.51. The molecule has 0 spiro atoms. The smallest absolute Gasteiger partial charge is 0.266 e. The van der Waals surface area contributed by atoms with Gasteiger partial charge in [-0.2, -0.15) is 0 Å². The predicted octanol–water partition coefficient (Wildman–Crippen LogP) is 3.57. The zero-order valence-electron chi connectivity index (χ0n) is 8.48. The minimum atomic E-state index is -0.0120. The van der Waals surface area contributed by atoms with Crippen molar-refractivity contribution in [1.29, 1.82) is 0 Å². The van der Waals surface area contributed by atoms with Gasteiger partial charge in [-0.25, -0.2) is 4.98 Å². The van der Waals surface area contributed by atoms with Crippen molar-refractivity contribution in [2.75, 3.05) is 0 Å². The average molecular weight is 374 g/mol. The number of fused-ring (bicyclic) bond motifs is 2. The highest BCUT2D eigenvalue weighted by molar-refractivity contribution is 9.11. The Balaban J connectivity index is 2.60. The van der Waals surface area contributed by atoms with E-state index in [2.05, 4.69) is 36.8 Å². The van der Waals surface area contributed by atoms with Crippen molar-refractivity contribution in [2.45, 2.75) is 5.33 Å². The van der Waals surface area contributed by atoms with Gasteiger partial charge in [-0.05, 0) is 28.1 Å². The van der Waals surface area contributed by atoms with Crippen LogP contribution in [-0.4, -0.2) is 9.38 Å². The molecular weight excluding hydrogens is 368 g/mol. The Morgan fingerprint density at radius 3 is 2.88 bits per heavy atom. The van der Waals surface area contributed by atoms with Gasteiger partial charge in [0.2, 0.25) is 0 Å². The van der Waals surface area contributed by atoms with Crippen LogP contribution in [0.25, 0.3) is 15.9 Å². The van der Waals surface area contributed by atoms with Gasteiger partial charge in [-0.3, -0.25) is 9.20 Å². The van der Waals surface area contributed by atoms with Gasteiger partial charge in [0.1, 0.15) is 0 Å². The van der Waals surface area contributed by atoms with E-state index in [1.807, 2.05) is 18.2 Å². The Bertz CT molecular complexity index is 778. The van der Waals surface area contributed by atoms with Gasteiger partial charge in [-0.15, -0.1) is 0 Å². The van der Waals surface area contributed by atoms with Crippen LogP contribution in [0.2, 0.25) is 0 Å². The van der Waals surface area contributed by atoms with Crippen LogP contribution in [0.15, 0.2) is 32.8 Å². The Hall–Kier alpha value is -0.720. The fourth-order valence-electron chi connectivity index (χ4n) is 1.76. The summed E-state index contributed by atoms with van der Waals surface area (Å²) in [6.07, 6.45) is 0. The zero-order chi connectivity index (χ0) is 12.0. The lowest BCUT2D eigenvalue weighted by atomic mass is 10.2. The largest absolute Gasteiger partial charge is 0.268 e. The number of hydrogen-bond donors (Lipinski definition) is 0. The Morgan fingerprint density at radius 1 is 1.35 bits per heavy atom. The molecule has 86 valence electrons. The third-order valence-electron chi connectivity index (χ3n) is 2.55. The fourth-order valence-corrected chi connectivity index (χ4v) is 4.47. The molecule has 0 bridgehead atoms. The van der Waals surface area contributed by atoms with Crippen molar-refractivity contribution in [2.24, 2.45) is 0 Å². The van der Waals surface area contributed by atoms with Crippen molar-refractivity contribution in [1.82, 2.24) is 9.38 Å². The molecule has 0 aliphatic carbocycles. The summed E-state index contributed by atoms with van der Waals surface area (Å²) in [6.45, 7) is 0. The van der Waals surface area contributed by atoms with Crippen LogP contribution in [0.1, 0.15) is 5.69 Å². The lowest BCUT2D eigenvalue weighted by Crippen LogP contribution is -2.15. The number of alkyl halides is 1. The van der Waals surface area contributed by atoms with Crippen molar-refractivity contribution >= 4 is 59.1 Å². The highest BCUT2D eigenvalue weighted by atomic mass is 79.9. The summed E-state index contributed by atoms with van der Waals surface area (Å²) in [5.41, 5.74) is 1.64. The lowest BCUT2D eigenvalue weighted by Gasteiger charge is -2.00. The number of para-hydroxylation sites is 1. The average Bonchev–Trinajstić information content (AvgIpc) is 2.65. The molecule has 0 N–H and O–H groups in total. The molecule has 2 heterocycles. The summed E-state index contributed by atoms with van der Waals surface area (Å²) in [4.78, 5) is 17.6. The van der Waals surface area contributed by atoms with Crippen LogP contribution in [0.4, 0.5) is 0 Å². The molecule has 0 saturated carbocycles. The van der Waals surface area contributed by atoms with E-state index in [1.165, 1.54) is 11.3 Å². The first-order chi connectivity index (χ1) is 8.22. The second-order valence-corrected chi connectivity index (χ2v) is 6.36. The number of nitrogens with zero attached hydrogens (tertiary/aromatic N) is 2. The molecular formula is C11H6Br2N2OS. The van der Waals surface area contributed by atoms with Crippen LogP contribution < -0.4 is 5.56 Å². The molecule has 0 saturated heterocycles. The van der Waals surface area contributed by atoms with Crippen LogP contribution in [-0.2, 0) is 5.33 Å². The molecule has 0 unspecified atom stereocenters. The topological polar surface area (TPSA) is 34.4 Å². The van der Waals surface area contributed by atoms with Crippen molar-refractivity contribution in [3.63, 3.8) is 0 Å². The zero-order valence-corrected chi connectivity index (χ0v) is 12.5. The number of aromatic nitrogens is 2. The Kier molecular flexibility index (Phi) is 2.80. The first kappa shape index (κ1) is 11.4. The molecule has 0 radical (unpaired) electrons. The highest BCUT2D eigenvalue weighted by Gasteiger charge is 2.13. The maximum atomic E-state index is 12.4. The molecule has 1 aromatic carbocycles. The molecule has 3 nitrogen and oxygen atoms in total. The van der Waals surface area contributed by atoms with E-state index in [0.29, 0.717) is 10.7 Å². The van der Waals surface area contributed by atoms with E-state index >= 15 is 0 Å². The number of rotatable bonds is 1. The van der Waals surface area contributed by atoms with Crippen LogP contribution >= 0.6 is 43.2 Å². The van der Waals surface area contributed by atoms with Gasteiger partial charge in [0, 0.05) is 5.33 Å². The quantitative estimate of drug-likeness (QED) is 0.611. The first-order valence-electron chi connectivity index (χ1n) is 4.87. The third-order valence-corrected chi connectivity index (χ3v) is 4.89. The predicted molar refractivity (Wildman–Crippen MR) is 77.2 cm³/mol. The van der Waals surface area contributed by atoms with E-state index in [9.17, 15) is 4.79 Å². The summed E-state index contributed by atoms with van der Waals surface area (Å²) in [7, 11) is 0. The van der Waals surface area contributed by atoms with Gasteiger partial charge >= 0.3 is 0 Å². The van der Waals surface area contributed by atoms with Gasteiger partial charge in [-0.1, -0.05) is 39.4 Å². The summed E-state index contributed by atoms with van der Waals surface area (Å²) < 4.78 is 2.60. The number of halogens is 2. The maximum Gasteiger partial charge on any atom is 0.266 e. The molecule has 0 fully saturated rings. The molecule has 6 heteroatoms. The SMILES string of the molecule is O=c1c2ccccc2nc2sc(Br)c(CBr)n12. The second kappa shape index (κ2) is 4.19. The van der Waals surface area contributed by atoms with Gasteiger partial charge < -0.3 is 0 Å². The number of benzene rings is 1. The summed E-state index contributed by atoms with van der Waals surface area (Å²) in [5.74, 6) is 0. The molecule has 0 aliphatic heterocycles. The monoisotopic (exact) mass is 372 g/mol. The molecule has 17 heavy (non-hydrogen) atoms. The third kappa shape index (κ3) is 1.66. The fraction of sp³-hybridized carbons (Fsp3) is 0.0909. The molecule has 3 aromatic rings. The molecule has 2 aromatic heterocycles. The Morgan fingerprint density at radius 2 is 2.12 bits per heavy atom. The highest BCUT2D eigenvalue weighted by Crippen LogP contribution is 2.28. The molecule has 3 rings (SSSR count). The number of thiazole rings is 1. The maximum absolute atomic E-state index is 12.4. The van der Waals surface area contributed by atoms with Crippen molar-refractivity contribution in [3.8, 4) is 0 Å². The van der Waals surface area contributed by atoms with E-state index in [-0.39, 0.29) is 5.56 Å². The van der Waals surface area contributed by atoms with Crippen LogP contribution in [0, 0.1) is 0 Å². The lowest BCUT2D eigenvalue weighted by molar-refractivity contribution is 1.03. The van der Waals surface area contributed by atoms with E-state index in [4.69, 9.17) is 0 Å². The summed E-state index contributed by atoms with van der Waals surface area (Å²) >= 11 is 8.33. The van der Waals surface area contributed by atoms with Crippen LogP contribution in [0.5, 0.6) is 0 Å². The summed E-state index contributed by atoms with van der Waals surface area (Å²) in [6, 6.07) is 7.41. The first-order valence-corrected chi connectivity index (χ1v) is 7.60. The normalized spacial score (nSPS) is 11.4. The standard InChI is InChI=1S/C11H6Br2N2OS/c12-5-8-9(13)17-11-14-7-4-2-1-3-6(7)10(16)15(8)11/h1-4H,5H2. The van der Waals surface area contributed by atoms with E-state index in [0.717, 1.165) is 20.0 Å². The molecule has 0 amide bonds. The summed E-state index contributed by atoms with van der Waals surface area (Å²) in [5, 5.41) is 1.27.